The van der Waals surface area contributed by atoms with Crippen LogP contribution >= 0.6 is 0 Å². The Kier molecular flexibility index (Phi) is 4.15. The maximum atomic E-state index is 10.0. The molecule has 0 unspecified atom stereocenters. The van der Waals surface area contributed by atoms with Gasteiger partial charge >= 0.3 is 0 Å². The van der Waals surface area contributed by atoms with Crippen LogP contribution < -0.4 is 9.64 Å². The van der Waals surface area contributed by atoms with Crippen molar-refractivity contribution in [2.45, 2.75) is 51.7 Å². The van der Waals surface area contributed by atoms with Gasteiger partial charge in [0.25, 0.3) is 0 Å². The van der Waals surface area contributed by atoms with Gasteiger partial charge in [0, 0.05) is 12.1 Å². The summed E-state index contributed by atoms with van der Waals surface area (Å²) in [5.74, 6) is 2.16. The Labute approximate surface area is 137 Å². The number of anilines is 1. The quantitative estimate of drug-likeness (QED) is 0.904. The third kappa shape index (κ3) is 3.39. The molecule has 0 saturated heterocycles. The third-order valence-electron chi connectivity index (χ3n) is 4.39. The van der Waals surface area contributed by atoms with Crippen molar-refractivity contribution >= 4 is 17.7 Å². The third-order valence-corrected chi connectivity index (χ3v) is 4.39. The zero-order valence-electron chi connectivity index (χ0n) is 14.1. The van der Waals surface area contributed by atoms with Crippen LogP contribution in [-0.2, 0) is 0 Å². The summed E-state index contributed by atoms with van der Waals surface area (Å²) in [6.07, 6.45) is 5.95. The predicted octanol–water partition coefficient (Wildman–Crippen LogP) is 3.46. The van der Waals surface area contributed by atoms with Gasteiger partial charge < -0.3 is 14.7 Å². The molecule has 5 heteroatoms. The average molecular weight is 315 g/mol. The number of ether oxygens (including phenoxy) is 1. The fraction of sp³-hybridized carbons (Fsp3) is 0.556. The van der Waals surface area contributed by atoms with Crippen LogP contribution in [0.4, 0.5) is 11.5 Å². The molecule has 1 aliphatic heterocycles. The number of aromatic nitrogens is 1. The molecule has 3 rings (SSSR count). The van der Waals surface area contributed by atoms with Crippen LogP contribution in [0.5, 0.6) is 5.75 Å². The Hall–Kier alpha value is -1.88. The zero-order valence-corrected chi connectivity index (χ0v) is 14.1. The van der Waals surface area contributed by atoms with E-state index in [9.17, 15) is 5.11 Å². The molecule has 0 amide bonds. The smallest absolute Gasteiger partial charge is 0.159 e. The number of fused-ring (bicyclic) bond motifs is 1. The van der Waals surface area contributed by atoms with Crippen molar-refractivity contribution in [1.29, 1.82) is 0 Å². The van der Waals surface area contributed by atoms with E-state index in [-0.39, 0.29) is 6.04 Å². The van der Waals surface area contributed by atoms with E-state index in [2.05, 4.69) is 35.3 Å². The van der Waals surface area contributed by atoms with Crippen LogP contribution in [0.15, 0.2) is 29.5 Å². The molecule has 1 aromatic heterocycles. The molecular weight excluding hydrogens is 290 g/mol. The molecule has 0 spiro atoms. The zero-order chi connectivity index (χ0) is 16.6. The summed E-state index contributed by atoms with van der Waals surface area (Å²) in [5.41, 5.74) is 1.03. The van der Waals surface area contributed by atoms with Crippen molar-refractivity contribution in [2.24, 2.45) is 10.9 Å². The fourth-order valence-corrected chi connectivity index (χ4v) is 3.09. The molecule has 1 fully saturated rings. The highest BCUT2D eigenvalue weighted by Crippen LogP contribution is 2.43. The van der Waals surface area contributed by atoms with Gasteiger partial charge in [-0.3, -0.25) is 4.99 Å². The molecule has 0 bridgehead atoms. The Morgan fingerprint density at radius 1 is 1.48 bits per heavy atom. The van der Waals surface area contributed by atoms with Crippen LogP contribution in [0.3, 0.4) is 0 Å². The molecule has 1 saturated carbocycles. The minimum absolute atomic E-state index is 0.225. The van der Waals surface area contributed by atoms with Crippen LogP contribution in [0.1, 0.15) is 40.0 Å². The Bertz CT molecular complexity index is 629. The van der Waals surface area contributed by atoms with E-state index in [0.717, 1.165) is 29.4 Å². The van der Waals surface area contributed by atoms with Gasteiger partial charge in [-0.05, 0) is 32.1 Å². The van der Waals surface area contributed by atoms with E-state index in [0.29, 0.717) is 25.4 Å². The minimum atomic E-state index is -0.584. The molecule has 1 aliphatic carbocycles. The SMILES string of the molecule is C=C1C=Nc2cc(OCCC(C)C)cnc2N1[C@H]1C[C@](C)(O)C1. The summed E-state index contributed by atoms with van der Waals surface area (Å²) < 4.78 is 5.76. The molecule has 0 radical (unpaired) electrons. The van der Waals surface area contributed by atoms with Crippen LogP contribution in [0, 0.1) is 5.92 Å². The number of aliphatic hydroxyl groups is 1. The van der Waals surface area contributed by atoms with Gasteiger partial charge in [0.2, 0.25) is 0 Å². The lowest BCUT2D eigenvalue weighted by Gasteiger charge is -2.48. The second-order valence-electron chi connectivity index (χ2n) is 7.22. The second kappa shape index (κ2) is 5.96. The summed E-state index contributed by atoms with van der Waals surface area (Å²) in [6, 6.07) is 2.15. The summed E-state index contributed by atoms with van der Waals surface area (Å²) in [4.78, 5) is 11.1. The first kappa shape index (κ1) is 16.0. The molecular formula is C18H25N3O2. The number of pyridine rings is 1. The number of hydrogen-bond donors (Lipinski definition) is 1. The monoisotopic (exact) mass is 315 g/mol. The van der Waals surface area contributed by atoms with Crippen molar-refractivity contribution < 1.29 is 9.84 Å². The van der Waals surface area contributed by atoms with Gasteiger partial charge in [-0.2, -0.15) is 0 Å². The second-order valence-corrected chi connectivity index (χ2v) is 7.22. The van der Waals surface area contributed by atoms with Gasteiger partial charge in [-0.1, -0.05) is 20.4 Å². The molecule has 2 aliphatic rings. The van der Waals surface area contributed by atoms with Crippen LogP contribution in [-0.4, -0.2) is 34.6 Å². The van der Waals surface area contributed by atoms with E-state index >= 15 is 0 Å². The Morgan fingerprint density at radius 3 is 2.87 bits per heavy atom. The minimum Gasteiger partial charge on any atom is -0.492 e. The average Bonchev–Trinajstić information content (AvgIpc) is 2.44. The van der Waals surface area contributed by atoms with Crippen molar-refractivity contribution in [1.82, 2.24) is 4.98 Å². The number of aliphatic imine (C=N–C) groups is 1. The maximum Gasteiger partial charge on any atom is 0.159 e. The van der Waals surface area contributed by atoms with Crippen LogP contribution in [0.2, 0.25) is 0 Å². The lowest BCUT2D eigenvalue weighted by molar-refractivity contribution is -0.0292. The molecule has 5 nitrogen and oxygen atoms in total. The highest BCUT2D eigenvalue weighted by atomic mass is 16.5. The van der Waals surface area contributed by atoms with Gasteiger partial charge in [-0.15, -0.1) is 0 Å². The maximum absolute atomic E-state index is 10.0. The predicted molar refractivity (Wildman–Crippen MR) is 92.6 cm³/mol. The largest absolute Gasteiger partial charge is 0.492 e. The number of hydrogen-bond acceptors (Lipinski definition) is 5. The van der Waals surface area contributed by atoms with Gasteiger partial charge in [0.1, 0.15) is 11.4 Å². The highest BCUT2D eigenvalue weighted by molar-refractivity contribution is 5.92. The van der Waals surface area contributed by atoms with Crippen LogP contribution in [0.25, 0.3) is 0 Å². The van der Waals surface area contributed by atoms with E-state index in [1.807, 2.05) is 13.0 Å². The highest BCUT2D eigenvalue weighted by Gasteiger charge is 2.43. The van der Waals surface area contributed by atoms with Crippen molar-refractivity contribution in [3.63, 3.8) is 0 Å². The molecule has 2 heterocycles. The van der Waals surface area contributed by atoms with Crippen molar-refractivity contribution in [3.8, 4) is 5.75 Å². The lowest BCUT2D eigenvalue weighted by Crippen LogP contribution is -2.54. The molecule has 1 N–H and O–H groups in total. The molecule has 1 aromatic rings. The first-order valence-corrected chi connectivity index (χ1v) is 8.23. The van der Waals surface area contributed by atoms with E-state index < -0.39 is 5.60 Å². The molecule has 0 atom stereocenters. The first-order chi connectivity index (χ1) is 10.9. The number of allylic oxidation sites excluding steroid dienone is 1. The van der Waals surface area contributed by atoms with E-state index in [4.69, 9.17) is 4.74 Å². The molecule has 23 heavy (non-hydrogen) atoms. The molecule has 124 valence electrons. The van der Waals surface area contributed by atoms with Gasteiger partial charge in [-0.25, -0.2) is 4.98 Å². The van der Waals surface area contributed by atoms with Gasteiger partial charge in [0.15, 0.2) is 5.82 Å². The summed E-state index contributed by atoms with van der Waals surface area (Å²) in [7, 11) is 0. The Morgan fingerprint density at radius 2 is 2.22 bits per heavy atom. The fourth-order valence-electron chi connectivity index (χ4n) is 3.09. The van der Waals surface area contributed by atoms with E-state index in [1.165, 1.54) is 0 Å². The van der Waals surface area contributed by atoms with Gasteiger partial charge in [0.05, 0.1) is 30.3 Å². The molecule has 0 aromatic carbocycles. The number of rotatable bonds is 5. The lowest BCUT2D eigenvalue weighted by atomic mass is 9.76. The van der Waals surface area contributed by atoms with Crippen molar-refractivity contribution in [2.75, 3.05) is 11.5 Å². The van der Waals surface area contributed by atoms with E-state index in [1.54, 1.807) is 12.4 Å². The first-order valence-electron chi connectivity index (χ1n) is 8.23. The summed E-state index contributed by atoms with van der Waals surface area (Å²) >= 11 is 0. The standard InChI is InChI=1S/C18H25N3O2/c1-12(2)5-6-23-15-7-16-17(20-11-15)21(13(3)10-19-16)14-8-18(4,22)9-14/h7,10-12,14,22H,3,5-6,8-9H2,1-2,4H3/t14-,18-. The normalized spacial score (nSPS) is 26.2. The topological polar surface area (TPSA) is 58.0 Å². The Balaban J connectivity index is 1.75. The van der Waals surface area contributed by atoms with Crippen molar-refractivity contribution in [3.05, 3.63) is 24.5 Å². The summed E-state index contributed by atoms with van der Waals surface area (Å²) in [6.45, 7) is 11.0. The number of nitrogens with zero attached hydrogens (tertiary/aromatic N) is 3. The summed E-state index contributed by atoms with van der Waals surface area (Å²) in [5, 5.41) is 10.0.